The van der Waals surface area contributed by atoms with Crippen LogP contribution in [0, 0.1) is 11.6 Å². The van der Waals surface area contributed by atoms with Gasteiger partial charge in [0.15, 0.2) is 17.5 Å². The van der Waals surface area contributed by atoms with E-state index in [1.54, 1.807) is 0 Å². The van der Waals surface area contributed by atoms with Gasteiger partial charge in [0.25, 0.3) is 0 Å². The second-order valence-electron chi connectivity index (χ2n) is 6.34. The number of alkyl halides is 1. The number of nitrogens with one attached hydrogen (secondary N) is 3. The van der Waals surface area contributed by atoms with Gasteiger partial charge in [-0.3, -0.25) is 4.79 Å². The SMILES string of the molecule is CC(C)(Nc1nc(-c2c[nH]c3ncc(F)cc23)ncc1F)C(=O)NCCF. The Labute approximate surface area is 152 Å². The van der Waals surface area contributed by atoms with E-state index < -0.39 is 29.8 Å². The van der Waals surface area contributed by atoms with Crippen LogP contribution in [0.3, 0.4) is 0 Å². The molecule has 142 valence electrons. The number of amides is 1. The van der Waals surface area contributed by atoms with Crippen LogP contribution in [0.2, 0.25) is 0 Å². The van der Waals surface area contributed by atoms with Crippen LogP contribution in [0.15, 0.2) is 24.7 Å². The fourth-order valence-electron chi connectivity index (χ4n) is 2.48. The Balaban J connectivity index is 1.94. The lowest BCUT2D eigenvalue weighted by Crippen LogP contribution is -2.48. The predicted molar refractivity (Wildman–Crippen MR) is 93.7 cm³/mol. The van der Waals surface area contributed by atoms with Crippen LogP contribution in [0.5, 0.6) is 0 Å². The summed E-state index contributed by atoms with van der Waals surface area (Å²) in [6.45, 7) is 2.16. The fourth-order valence-corrected chi connectivity index (χ4v) is 2.48. The Bertz CT molecular complexity index is 988. The summed E-state index contributed by atoms with van der Waals surface area (Å²) in [7, 11) is 0. The van der Waals surface area contributed by atoms with Gasteiger partial charge in [-0.15, -0.1) is 0 Å². The van der Waals surface area contributed by atoms with Crippen LogP contribution in [0.1, 0.15) is 13.8 Å². The summed E-state index contributed by atoms with van der Waals surface area (Å²) < 4.78 is 39.9. The van der Waals surface area contributed by atoms with Crippen molar-refractivity contribution in [3.8, 4) is 11.4 Å². The van der Waals surface area contributed by atoms with Gasteiger partial charge in [0.2, 0.25) is 5.91 Å². The fraction of sp³-hybridized carbons (Fsp3) is 0.294. The highest BCUT2D eigenvalue weighted by molar-refractivity contribution is 5.92. The minimum Gasteiger partial charge on any atom is -0.354 e. The molecule has 3 aromatic rings. The van der Waals surface area contributed by atoms with Crippen LogP contribution in [-0.4, -0.2) is 44.6 Å². The molecule has 0 saturated heterocycles. The van der Waals surface area contributed by atoms with Crippen LogP contribution in [0.25, 0.3) is 22.4 Å². The maximum absolute atomic E-state index is 14.2. The molecule has 3 N–H and O–H groups in total. The van der Waals surface area contributed by atoms with Crippen LogP contribution < -0.4 is 10.6 Å². The highest BCUT2D eigenvalue weighted by Gasteiger charge is 2.29. The van der Waals surface area contributed by atoms with Gasteiger partial charge in [0.1, 0.15) is 23.7 Å². The summed E-state index contributed by atoms with van der Waals surface area (Å²) in [5.74, 6) is -1.90. The van der Waals surface area contributed by atoms with Crippen molar-refractivity contribution in [1.82, 2.24) is 25.3 Å². The first-order chi connectivity index (χ1) is 12.8. The van der Waals surface area contributed by atoms with Gasteiger partial charge >= 0.3 is 0 Å². The van der Waals surface area contributed by atoms with E-state index in [9.17, 15) is 18.0 Å². The minimum absolute atomic E-state index is 0.123. The number of hydrogen-bond acceptors (Lipinski definition) is 5. The number of aromatic nitrogens is 4. The molecule has 0 aliphatic heterocycles. The van der Waals surface area contributed by atoms with E-state index in [0.717, 1.165) is 12.4 Å². The predicted octanol–water partition coefficient (Wildman–Crippen LogP) is 2.57. The number of nitrogens with zero attached hydrogens (tertiary/aromatic N) is 3. The molecular weight excluding hydrogens is 361 g/mol. The van der Waals surface area contributed by atoms with Crippen LogP contribution >= 0.6 is 0 Å². The molecule has 0 fully saturated rings. The summed E-state index contributed by atoms with van der Waals surface area (Å²) in [4.78, 5) is 26.9. The normalized spacial score (nSPS) is 11.6. The quantitative estimate of drug-likeness (QED) is 0.613. The van der Waals surface area contributed by atoms with Crippen molar-refractivity contribution in [3.05, 3.63) is 36.3 Å². The van der Waals surface area contributed by atoms with E-state index in [4.69, 9.17) is 0 Å². The third kappa shape index (κ3) is 3.83. The summed E-state index contributed by atoms with van der Waals surface area (Å²) in [6.07, 6.45) is 3.55. The third-order valence-corrected chi connectivity index (χ3v) is 3.86. The Kier molecular flexibility index (Phi) is 4.98. The molecule has 0 atom stereocenters. The molecular formula is C17H17F3N6O. The van der Waals surface area contributed by atoms with Gasteiger partial charge in [0, 0.05) is 23.7 Å². The third-order valence-electron chi connectivity index (χ3n) is 3.86. The van der Waals surface area contributed by atoms with E-state index in [-0.39, 0.29) is 18.2 Å². The average Bonchev–Trinajstić information content (AvgIpc) is 3.04. The van der Waals surface area contributed by atoms with Crippen LogP contribution in [0.4, 0.5) is 19.0 Å². The number of anilines is 1. The van der Waals surface area contributed by atoms with E-state index in [0.29, 0.717) is 16.6 Å². The van der Waals surface area contributed by atoms with Crippen molar-refractivity contribution in [2.75, 3.05) is 18.5 Å². The highest BCUT2D eigenvalue weighted by Crippen LogP contribution is 2.27. The standard InChI is InChI=1S/C17H17F3N6O/c1-17(2,16(27)21-4-3-18)26-15-12(20)8-24-14(25-15)11-7-23-13-10(11)5-9(19)6-22-13/h5-8H,3-4H2,1-2H3,(H,21,27)(H,22,23)(H,24,25,26). The van der Waals surface area contributed by atoms with Crippen molar-refractivity contribution in [3.63, 3.8) is 0 Å². The molecule has 0 radical (unpaired) electrons. The van der Waals surface area contributed by atoms with Gasteiger partial charge < -0.3 is 15.6 Å². The molecule has 0 unspecified atom stereocenters. The molecule has 27 heavy (non-hydrogen) atoms. The topological polar surface area (TPSA) is 95.6 Å². The van der Waals surface area contributed by atoms with E-state index >= 15 is 0 Å². The summed E-state index contributed by atoms with van der Waals surface area (Å²) in [5, 5.41) is 5.52. The number of rotatable bonds is 6. The monoisotopic (exact) mass is 378 g/mol. The van der Waals surface area contributed by atoms with Crippen molar-refractivity contribution >= 4 is 22.8 Å². The first-order valence-corrected chi connectivity index (χ1v) is 8.10. The Morgan fingerprint density at radius 3 is 2.78 bits per heavy atom. The number of hydrogen-bond donors (Lipinski definition) is 3. The first kappa shape index (κ1) is 18.6. The molecule has 3 aromatic heterocycles. The summed E-state index contributed by atoms with van der Waals surface area (Å²) in [5.41, 5.74) is -0.394. The molecule has 1 amide bonds. The maximum atomic E-state index is 14.2. The Morgan fingerprint density at radius 2 is 2.04 bits per heavy atom. The number of pyridine rings is 1. The number of carbonyl (C=O) groups is 1. The second-order valence-corrected chi connectivity index (χ2v) is 6.34. The number of halogens is 3. The molecule has 0 spiro atoms. The lowest BCUT2D eigenvalue weighted by atomic mass is 10.0. The number of carbonyl (C=O) groups excluding carboxylic acids is 1. The summed E-state index contributed by atoms with van der Waals surface area (Å²) >= 11 is 0. The second kappa shape index (κ2) is 7.22. The Hall–Kier alpha value is -3.17. The van der Waals surface area contributed by atoms with Crippen molar-refractivity contribution < 1.29 is 18.0 Å². The van der Waals surface area contributed by atoms with Gasteiger partial charge in [-0.05, 0) is 19.9 Å². The molecule has 10 heteroatoms. The van der Waals surface area contributed by atoms with Gasteiger partial charge in [-0.2, -0.15) is 0 Å². The zero-order valence-corrected chi connectivity index (χ0v) is 14.6. The number of fused-ring (bicyclic) bond motifs is 1. The zero-order valence-electron chi connectivity index (χ0n) is 14.6. The van der Waals surface area contributed by atoms with E-state index in [2.05, 4.69) is 30.6 Å². The van der Waals surface area contributed by atoms with Gasteiger partial charge in [0.05, 0.1) is 12.4 Å². The van der Waals surface area contributed by atoms with Gasteiger partial charge in [-0.25, -0.2) is 28.1 Å². The molecule has 0 bridgehead atoms. The van der Waals surface area contributed by atoms with E-state index in [1.165, 1.54) is 26.1 Å². The lowest BCUT2D eigenvalue weighted by Gasteiger charge is -2.25. The number of aromatic amines is 1. The molecule has 7 nitrogen and oxygen atoms in total. The highest BCUT2D eigenvalue weighted by atomic mass is 19.1. The average molecular weight is 378 g/mol. The molecule has 3 rings (SSSR count). The largest absolute Gasteiger partial charge is 0.354 e. The van der Waals surface area contributed by atoms with Crippen molar-refractivity contribution in [2.45, 2.75) is 19.4 Å². The minimum atomic E-state index is -1.25. The summed E-state index contributed by atoms with van der Waals surface area (Å²) in [6, 6.07) is 1.27. The van der Waals surface area contributed by atoms with Crippen LogP contribution in [-0.2, 0) is 4.79 Å². The van der Waals surface area contributed by atoms with E-state index in [1.807, 2.05) is 0 Å². The molecule has 0 aromatic carbocycles. The lowest BCUT2D eigenvalue weighted by molar-refractivity contribution is -0.124. The van der Waals surface area contributed by atoms with Crippen molar-refractivity contribution in [1.29, 1.82) is 0 Å². The maximum Gasteiger partial charge on any atom is 0.245 e. The first-order valence-electron chi connectivity index (χ1n) is 8.10. The smallest absolute Gasteiger partial charge is 0.245 e. The molecule has 0 saturated carbocycles. The zero-order chi connectivity index (χ0) is 19.6. The number of H-pyrrole nitrogens is 1. The molecule has 0 aliphatic carbocycles. The Morgan fingerprint density at radius 1 is 1.26 bits per heavy atom. The molecule has 0 aliphatic rings. The molecule has 3 heterocycles. The van der Waals surface area contributed by atoms with Gasteiger partial charge in [-0.1, -0.05) is 0 Å². The van der Waals surface area contributed by atoms with Crippen molar-refractivity contribution in [2.24, 2.45) is 0 Å².